The Morgan fingerprint density at radius 1 is 1.08 bits per heavy atom. The average Bonchev–Trinajstić information content (AvgIpc) is 2.92. The second-order valence-electron chi connectivity index (χ2n) is 10.1. The predicted molar refractivity (Wildman–Crippen MR) is 105 cm³/mol. The highest BCUT2D eigenvalue weighted by atomic mass is 16.3. The maximum Gasteiger partial charge on any atom is 0.206 e. The molecule has 0 heterocycles. The van der Waals surface area contributed by atoms with E-state index in [0.29, 0.717) is 16.7 Å². The van der Waals surface area contributed by atoms with Crippen LogP contribution in [0, 0.1) is 45.8 Å². The molecule has 4 aliphatic rings. The Kier molecular flexibility index (Phi) is 4.57. The first-order valence-corrected chi connectivity index (χ1v) is 10.7. The van der Waals surface area contributed by atoms with E-state index in [0.717, 1.165) is 36.5 Å². The van der Waals surface area contributed by atoms with Gasteiger partial charge in [-0.05, 0) is 92.3 Å². The highest BCUT2D eigenvalue weighted by Crippen LogP contribution is 2.67. The highest BCUT2D eigenvalue weighted by Gasteiger charge is 2.59. The van der Waals surface area contributed by atoms with Gasteiger partial charge in [-0.2, -0.15) is 5.10 Å². The Bertz CT molecular complexity index is 593. The van der Waals surface area contributed by atoms with Gasteiger partial charge in [0, 0.05) is 12.1 Å². The molecule has 4 saturated carbocycles. The summed E-state index contributed by atoms with van der Waals surface area (Å²) in [6, 6.07) is 0. The number of nitrogens with zero attached hydrogens (tertiary/aromatic N) is 1. The Morgan fingerprint density at radius 2 is 1.81 bits per heavy atom. The highest BCUT2D eigenvalue weighted by molar-refractivity contribution is 5.75. The van der Waals surface area contributed by atoms with Crippen molar-refractivity contribution in [2.24, 2.45) is 51.3 Å². The van der Waals surface area contributed by atoms with Crippen molar-refractivity contribution in [2.45, 2.75) is 77.7 Å². The lowest BCUT2D eigenvalue weighted by atomic mass is 9.45. The lowest BCUT2D eigenvalue weighted by Gasteiger charge is -2.60. The second-order valence-corrected chi connectivity index (χ2v) is 10.1. The van der Waals surface area contributed by atoms with Crippen molar-refractivity contribution in [3.8, 4) is 0 Å². The topological polar surface area (TPSA) is 94.5 Å². The fourth-order valence-electron chi connectivity index (χ4n) is 7.72. The predicted octanol–water partition coefficient (Wildman–Crippen LogP) is 3.48. The zero-order valence-electron chi connectivity index (χ0n) is 16.4. The van der Waals surface area contributed by atoms with Crippen LogP contribution in [0.4, 0.5) is 0 Å². The van der Waals surface area contributed by atoms with Gasteiger partial charge in [0.2, 0.25) is 5.96 Å². The molecular formula is C21H36N4O. The van der Waals surface area contributed by atoms with Gasteiger partial charge < -0.3 is 10.8 Å². The minimum absolute atomic E-state index is 0.0562. The van der Waals surface area contributed by atoms with E-state index in [1.807, 2.05) is 6.21 Å². The first kappa shape index (κ1) is 18.3. The normalized spacial score (nSPS) is 50.7. The first-order chi connectivity index (χ1) is 12.3. The van der Waals surface area contributed by atoms with Crippen molar-refractivity contribution in [2.75, 3.05) is 0 Å². The quantitative estimate of drug-likeness (QED) is 0.345. The van der Waals surface area contributed by atoms with Gasteiger partial charge in [0.25, 0.3) is 0 Å². The molecule has 0 radical (unpaired) electrons. The summed E-state index contributed by atoms with van der Waals surface area (Å²) in [6.07, 6.45) is 13.1. The molecule has 146 valence electrons. The van der Waals surface area contributed by atoms with E-state index < -0.39 is 0 Å². The second kappa shape index (κ2) is 6.50. The van der Waals surface area contributed by atoms with Gasteiger partial charge >= 0.3 is 0 Å². The maximum atomic E-state index is 10.2. The molecule has 4 aliphatic carbocycles. The van der Waals surface area contributed by atoms with Gasteiger partial charge in [0.1, 0.15) is 0 Å². The van der Waals surface area contributed by atoms with Crippen molar-refractivity contribution in [1.29, 1.82) is 5.41 Å². The van der Waals surface area contributed by atoms with Gasteiger partial charge in [0.05, 0.1) is 6.10 Å². The Hall–Kier alpha value is -1.10. The van der Waals surface area contributed by atoms with E-state index in [2.05, 4.69) is 24.4 Å². The molecule has 5 nitrogen and oxygen atoms in total. The number of aliphatic hydroxyl groups is 1. The van der Waals surface area contributed by atoms with Crippen LogP contribution in [-0.4, -0.2) is 23.4 Å². The molecule has 0 aromatic rings. The van der Waals surface area contributed by atoms with Crippen molar-refractivity contribution >= 4 is 12.2 Å². The van der Waals surface area contributed by atoms with Crippen LogP contribution in [0.2, 0.25) is 0 Å². The first-order valence-electron chi connectivity index (χ1n) is 10.7. The Morgan fingerprint density at radius 3 is 2.58 bits per heavy atom. The number of aliphatic hydroxyl groups excluding tert-OH is 1. The molecule has 26 heavy (non-hydrogen) atoms. The molecule has 5 N–H and O–H groups in total. The number of hydrazone groups is 1. The monoisotopic (exact) mass is 360 g/mol. The molecule has 0 aromatic heterocycles. The third-order valence-electron chi connectivity index (χ3n) is 9.15. The zero-order chi connectivity index (χ0) is 18.5. The SMILES string of the molecule is C[C@]12CC[C@@H](O)C[C@H]1CC[C@@H]1[C@@H]2CC[C@]2(C)[C@@H](/C=N\NC(=N)N)CC[C@@H]12. The summed E-state index contributed by atoms with van der Waals surface area (Å²) in [4.78, 5) is 0. The molecule has 0 unspecified atom stereocenters. The number of fused-ring (bicyclic) bond motifs is 5. The van der Waals surface area contributed by atoms with Gasteiger partial charge in [-0.3, -0.25) is 5.41 Å². The summed E-state index contributed by atoms with van der Waals surface area (Å²) < 4.78 is 0. The third kappa shape index (κ3) is 2.78. The molecule has 5 heteroatoms. The van der Waals surface area contributed by atoms with Crippen molar-refractivity contribution in [3.63, 3.8) is 0 Å². The van der Waals surface area contributed by atoms with Gasteiger partial charge in [-0.15, -0.1) is 0 Å². The van der Waals surface area contributed by atoms with E-state index in [4.69, 9.17) is 11.1 Å². The van der Waals surface area contributed by atoms with Crippen molar-refractivity contribution < 1.29 is 5.11 Å². The lowest BCUT2D eigenvalue weighted by Crippen LogP contribution is -2.54. The lowest BCUT2D eigenvalue weighted by molar-refractivity contribution is -0.123. The Balaban J connectivity index is 1.52. The van der Waals surface area contributed by atoms with E-state index in [-0.39, 0.29) is 12.1 Å². The van der Waals surface area contributed by atoms with Crippen LogP contribution >= 0.6 is 0 Å². The molecule has 0 amide bonds. The van der Waals surface area contributed by atoms with Crippen molar-refractivity contribution in [1.82, 2.24) is 5.43 Å². The number of guanidine groups is 1. The van der Waals surface area contributed by atoms with Gasteiger partial charge in [0.15, 0.2) is 0 Å². The molecule has 0 aliphatic heterocycles. The summed E-state index contributed by atoms with van der Waals surface area (Å²) in [5.74, 6) is 3.65. The number of rotatable bonds is 2. The molecule has 8 atom stereocenters. The van der Waals surface area contributed by atoms with E-state index >= 15 is 0 Å². The summed E-state index contributed by atoms with van der Waals surface area (Å²) in [5, 5.41) is 21.7. The largest absolute Gasteiger partial charge is 0.393 e. The summed E-state index contributed by atoms with van der Waals surface area (Å²) in [5.41, 5.74) is 8.75. The third-order valence-corrected chi connectivity index (χ3v) is 9.15. The van der Waals surface area contributed by atoms with Gasteiger partial charge in [-0.1, -0.05) is 13.8 Å². The molecule has 4 fully saturated rings. The molecular weight excluding hydrogens is 324 g/mol. The van der Waals surface area contributed by atoms with E-state index in [9.17, 15) is 5.11 Å². The Labute approximate surface area is 157 Å². The van der Waals surface area contributed by atoms with Crippen LogP contribution in [0.1, 0.15) is 71.6 Å². The number of nitrogens with two attached hydrogens (primary N) is 1. The van der Waals surface area contributed by atoms with Gasteiger partial charge in [-0.25, -0.2) is 5.43 Å². The zero-order valence-corrected chi connectivity index (χ0v) is 16.4. The van der Waals surface area contributed by atoms with Crippen molar-refractivity contribution in [3.05, 3.63) is 0 Å². The summed E-state index contributed by atoms with van der Waals surface area (Å²) >= 11 is 0. The minimum atomic E-state index is -0.0876. The van der Waals surface area contributed by atoms with Crippen LogP contribution in [0.25, 0.3) is 0 Å². The fourth-order valence-corrected chi connectivity index (χ4v) is 7.72. The molecule has 0 bridgehead atoms. The van der Waals surface area contributed by atoms with E-state index in [1.165, 1.54) is 44.9 Å². The minimum Gasteiger partial charge on any atom is -0.393 e. The summed E-state index contributed by atoms with van der Waals surface area (Å²) in [7, 11) is 0. The average molecular weight is 361 g/mol. The number of hydrogen-bond donors (Lipinski definition) is 4. The van der Waals surface area contributed by atoms with Crippen LogP contribution in [-0.2, 0) is 0 Å². The van der Waals surface area contributed by atoms with Crippen LogP contribution in [0.3, 0.4) is 0 Å². The van der Waals surface area contributed by atoms with Crippen LogP contribution < -0.4 is 11.2 Å². The van der Waals surface area contributed by atoms with Crippen LogP contribution in [0.5, 0.6) is 0 Å². The molecule has 0 saturated heterocycles. The molecule has 0 aromatic carbocycles. The number of nitrogens with one attached hydrogen (secondary N) is 2. The summed E-state index contributed by atoms with van der Waals surface area (Å²) in [6.45, 7) is 5.04. The maximum absolute atomic E-state index is 10.2. The number of hydrogen-bond acceptors (Lipinski definition) is 3. The standard InChI is InChI=1S/C21H36N4O/c1-20-9-7-15(26)11-13(20)3-5-16-17-6-4-14(12-24-25-19(22)23)21(17,2)10-8-18(16)20/h12-18,26H,3-11H2,1-2H3,(H4,22,23,25)/b24-12-/t13-,14-,15-,16+,17+,18+,20+,21-/m1/s1. The molecule has 4 rings (SSSR count). The van der Waals surface area contributed by atoms with E-state index in [1.54, 1.807) is 0 Å². The smallest absolute Gasteiger partial charge is 0.206 e. The van der Waals surface area contributed by atoms with Crippen LogP contribution in [0.15, 0.2) is 5.10 Å². The molecule has 0 spiro atoms. The fraction of sp³-hybridized carbons (Fsp3) is 0.905.